The number of hydrogen-bond acceptors (Lipinski definition) is 8. The highest BCUT2D eigenvalue weighted by atomic mass is 16.6. The van der Waals surface area contributed by atoms with Gasteiger partial charge in [-0.2, -0.15) is 0 Å². The number of amides is 3. The minimum atomic E-state index is -0.841. The van der Waals surface area contributed by atoms with Gasteiger partial charge in [-0.1, -0.05) is 38.3 Å². The van der Waals surface area contributed by atoms with Crippen molar-refractivity contribution in [3.8, 4) is 5.75 Å². The molecule has 0 spiro atoms. The lowest BCUT2D eigenvalue weighted by Crippen LogP contribution is -2.32. The summed E-state index contributed by atoms with van der Waals surface area (Å²) < 4.78 is 13.2. The van der Waals surface area contributed by atoms with Crippen LogP contribution in [0.1, 0.15) is 69.5 Å². The number of fused-ring (bicyclic) bond motifs is 2. The molecule has 2 aliphatic rings. The summed E-state index contributed by atoms with van der Waals surface area (Å²) in [6.45, 7) is 2.86. The van der Waals surface area contributed by atoms with Crippen molar-refractivity contribution in [1.82, 2.24) is 19.4 Å². The van der Waals surface area contributed by atoms with Crippen LogP contribution < -0.4 is 4.74 Å². The molecule has 3 amide bonds. The highest BCUT2D eigenvalue weighted by molar-refractivity contribution is 6.21. The summed E-state index contributed by atoms with van der Waals surface area (Å²) in [4.78, 5) is 47.2. The number of unbranched alkanes of at least 4 members (excludes halogenated alkanes) is 3. The second-order valence-corrected chi connectivity index (χ2v) is 10.5. The smallest absolute Gasteiger partial charge is 0.261 e. The Morgan fingerprint density at radius 2 is 1.85 bits per heavy atom. The fraction of sp³-hybridized carbons (Fsp3) is 0.467. The van der Waals surface area contributed by atoms with Crippen molar-refractivity contribution in [3.63, 3.8) is 0 Å². The summed E-state index contributed by atoms with van der Waals surface area (Å²) in [7, 11) is 1.74. The Morgan fingerprint density at radius 1 is 1.12 bits per heavy atom. The number of carbonyl (C=O) groups excluding carboxylic acids is 3. The normalized spacial score (nSPS) is 18.4. The number of aliphatic hydroxyl groups excluding tert-OH is 2. The average molecular weight is 565 g/mol. The third kappa shape index (κ3) is 5.70. The Morgan fingerprint density at radius 3 is 2.49 bits per heavy atom. The van der Waals surface area contributed by atoms with Gasteiger partial charge >= 0.3 is 0 Å². The van der Waals surface area contributed by atoms with Crippen molar-refractivity contribution in [2.75, 3.05) is 33.4 Å². The van der Waals surface area contributed by atoms with Crippen LogP contribution in [-0.2, 0) is 17.8 Å². The molecule has 0 bridgehead atoms. The molecular formula is C30H36N4O7. The highest BCUT2D eigenvalue weighted by Gasteiger charge is 2.36. The van der Waals surface area contributed by atoms with Gasteiger partial charge in [0.05, 0.1) is 54.1 Å². The van der Waals surface area contributed by atoms with Crippen molar-refractivity contribution < 1.29 is 34.1 Å². The van der Waals surface area contributed by atoms with Gasteiger partial charge in [-0.3, -0.25) is 19.3 Å². The molecule has 0 radical (unpaired) electrons. The van der Waals surface area contributed by atoms with Crippen LogP contribution in [0.3, 0.4) is 0 Å². The van der Waals surface area contributed by atoms with E-state index in [1.807, 2.05) is 0 Å². The number of hydrogen-bond donors (Lipinski definition) is 2. The number of rotatable bonds is 12. The number of aliphatic hydroxyl groups is 2. The molecule has 5 rings (SSSR count). The van der Waals surface area contributed by atoms with Gasteiger partial charge in [0.1, 0.15) is 23.8 Å². The Balaban J connectivity index is 1.51. The van der Waals surface area contributed by atoms with Gasteiger partial charge in [0.25, 0.3) is 17.7 Å². The standard InChI is InChI=1S/C30H36N4O7/c1-3-4-5-8-11-32(2)28(37)21-14-22-23(15-25(21)41-26-18-40-17-24(26)36)33(12-13-35)27(31-22)16-34-29(38)19-9-6-7-10-20(19)30(34)39/h6-7,9-10,14-15,24,26,35-36H,3-5,8,11-13,16-18H2,1-2H3/t24-,26-/m0/s1. The third-order valence-electron chi connectivity index (χ3n) is 7.63. The minimum absolute atomic E-state index is 0.104. The molecule has 3 heterocycles. The Bertz CT molecular complexity index is 1420. The lowest BCUT2D eigenvalue weighted by Gasteiger charge is -2.22. The molecule has 3 aromatic rings. The predicted octanol–water partition coefficient (Wildman–Crippen LogP) is 2.62. The number of carbonyl (C=O) groups is 3. The Kier molecular flexibility index (Phi) is 8.67. The van der Waals surface area contributed by atoms with Gasteiger partial charge in [-0.05, 0) is 24.6 Å². The van der Waals surface area contributed by atoms with Gasteiger partial charge in [-0.25, -0.2) is 4.98 Å². The van der Waals surface area contributed by atoms with E-state index in [0.717, 1.165) is 30.6 Å². The van der Waals surface area contributed by atoms with Crippen LogP contribution in [0.4, 0.5) is 0 Å². The molecule has 218 valence electrons. The van der Waals surface area contributed by atoms with Crippen LogP contribution in [0.5, 0.6) is 5.75 Å². The van der Waals surface area contributed by atoms with Crippen molar-refractivity contribution in [1.29, 1.82) is 0 Å². The average Bonchev–Trinajstić information content (AvgIpc) is 3.61. The topological polar surface area (TPSA) is 134 Å². The van der Waals surface area contributed by atoms with E-state index in [-0.39, 0.29) is 50.1 Å². The third-order valence-corrected chi connectivity index (χ3v) is 7.63. The first-order valence-electron chi connectivity index (χ1n) is 14.1. The largest absolute Gasteiger partial charge is 0.484 e. The molecule has 41 heavy (non-hydrogen) atoms. The molecule has 2 N–H and O–H groups in total. The number of ether oxygens (including phenoxy) is 2. The molecular weight excluding hydrogens is 528 g/mol. The lowest BCUT2D eigenvalue weighted by atomic mass is 10.1. The molecule has 1 saturated heterocycles. The van der Waals surface area contributed by atoms with Crippen LogP contribution in [0.15, 0.2) is 36.4 Å². The Hall–Kier alpha value is -3.80. The SMILES string of the molecule is CCCCCCN(C)C(=O)c1cc2nc(CN3C(=O)c4ccccc4C3=O)n(CCO)c2cc1O[C@H]1COC[C@@H]1O. The molecule has 1 fully saturated rings. The van der Waals surface area contributed by atoms with Crippen LogP contribution in [-0.4, -0.2) is 92.9 Å². The quantitative estimate of drug-likeness (QED) is 0.253. The number of nitrogens with zero attached hydrogens (tertiary/aromatic N) is 4. The van der Waals surface area contributed by atoms with Gasteiger partial charge in [0, 0.05) is 26.2 Å². The number of imide groups is 1. The second-order valence-electron chi connectivity index (χ2n) is 10.5. The van der Waals surface area contributed by atoms with E-state index in [2.05, 4.69) is 6.92 Å². The van der Waals surface area contributed by atoms with Crippen molar-refractivity contribution in [2.24, 2.45) is 0 Å². The van der Waals surface area contributed by atoms with E-state index in [9.17, 15) is 24.6 Å². The maximum atomic E-state index is 13.6. The van der Waals surface area contributed by atoms with Gasteiger partial charge in [0.15, 0.2) is 0 Å². The summed E-state index contributed by atoms with van der Waals surface area (Å²) in [6.07, 6.45) is 2.60. The van der Waals surface area contributed by atoms with E-state index >= 15 is 0 Å². The summed E-state index contributed by atoms with van der Waals surface area (Å²) in [5.74, 6) is -0.411. The van der Waals surface area contributed by atoms with E-state index in [1.54, 1.807) is 52.9 Å². The minimum Gasteiger partial charge on any atom is -0.484 e. The van der Waals surface area contributed by atoms with E-state index in [1.165, 1.54) is 0 Å². The van der Waals surface area contributed by atoms with Crippen molar-refractivity contribution in [3.05, 3.63) is 58.9 Å². The first kappa shape index (κ1) is 28.7. The van der Waals surface area contributed by atoms with Crippen LogP contribution >= 0.6 is 0 Å². The zero-order valence-electron chi connectivity index (χ0n) is 23.4. The van der Waals surface area contributed by atoms with Crippen molar-refractivity contribution in [2.45, 2.75) is 57.9 Å². The predicted molar refractivity (Wildman–Crippen MR) is 150 cm³/mol. The molecule has 2 aliphatic heterocycles. The molecule has 2 atom stereocenters. The van der Waals surface area contributed by atoms with Crippen molar-refractivity contribution >= 4 is 28.8 Å². The molecule has 0 unspecified atom stereocenters. The summed E-state index contributed by atoms with van der Waals surface area (Å²) in [5, 5.41) is 20.2. The van der Waals surface area contributed by atoms with E-state index < -0.39 is 24.0 Å². The zero-order chi connectivity index (χ0) is 29.1. The zero-order valence-corrected chi connectivity index (χ0v) is 23.4. The number of aromatic nitrogens is 2. The lowest BCUT2D eigenvalue weighted by molar-refractivity contribution is 0.0635. The van der Waals surface area contributed by atoms with Gasteiger partial charge < -0.3 is 29.2 Å². The van der Waals surface area contributed by atoms with Crippen LogP contribution in [0.2, 0.25) is 0 Å². The maximum Gasteiger partial charge on any atom is 0.261 e. The van der Waals surface area contributed by atoms with Crippen LogP contribution in [0, 0.1) is 0 Å². The first-order chi connectivity index (χ1) is 19.8. The number of benzene rings is 2. The fourth-order valence-corrected chi connectivity index (χ4v) is 5.34. The molecule has 1 aromatic heterocycles. The maximum absolute atomic E-state index is 13.6. The molecule has 2 aromatic carbocycles. The summed E-state index contributed by atoms with van der Waals surface area (Å²) >= 11 is 0. The monoisotopic (exact) mass is 564 g/mol. The van der Waals surface area contributed by atoms with E-state index in [4.69, 9.17) is 14.5 Å². The number of imidazole rings is 1. The first-order valence-corrected chi connectivity index (χ1v) is 14.1. The second kappa shape index (κ2) is 12.4. The van der Waals surface area contributed by atoms with Gasteiger partial charge in [-0.15, -0.1) is 0 Å². The molecule has 11 nitrogen and oxygen atoms in total. The fourth-order valence-electron chi connectivity index (χ4n) is 5.34. The summed E-state index contributed by atoms with van der Waals surface area (Å²) in [5.41, 5.74) is 1.99. The molecule has 0 aliphatic carbocycles. The molecule has 11 heteroatoms. The van der Waals surface area contributed by atoms with E-state index in [0.29, 0.717) is 34.5 Å². The Labute approximate surface area is 238 Å². The molecule has 0 saturated carbocycles. The van der Waals surface area contributed by atoms with Gasteiger partial charge in [0.2, 0.25) is 0 Å². The summed E-state index contributed by atoms with van der Waals surface area (Å²) in [6, 6.07) is 9.97. The highest BCUT2D eigenvalue weighted by Crippen LogP contribution is 2.31. The van der Waals surface area contributed by atoms with Crippen LogP contribution in [0.25, 0.3) is 11.0 Å².